The van der Waals surface area contributed by atoms with E-state index in [0.29, 0.717) is 4.64 Å². The van der Waals surface area contributed by atoms with E-state index in [-0.39, 0.29) is 0 Å². The number of nitrogens with one attached hydrogen (secondary N) is 1. The second kappa shape index (κ2) is 4.18. The van der Waals surface area contributed by atoms with Crippen molar-refractivity contribution >= 4 is 12.2 Å². The van der Waals surface area contributed by atoms with E-state index in [1.807, 2.05) is 13.8 Å². The standard InChI is InChI=1S/C13H14N2S/c1-8-5-4-6-11(7-8)12-9(2)13(16)15-10(3)14-12/h4-7H,1-3H3,(H,14,15,16). The molecule has 3 heteroatoms. The van der Waals surface area contributed by atoms with Crippen molar-refractivity contribution in [2.75, 3.05) is 0 Å². The zero-order valence-corrected chi connectivity index (χ0v) is 10.5. The van der Waals surface area contributed by atoms with Gasteiger partial charge in [-0.05, 0) is 32.4 Å². The first kappa shape index (κ1) is 11.0. The second-order valence-corrected chi connectivity index (χ2v) is 4.38. The minimum Gasteiger partial charge on any atom is -0.343 e. The van der Waals surface area contributed by atoms with Gasteiger partial charge in [-0.3, -0.25) is 0 Å². The summed E-state index contributed by atoms with van der Waals surface area (Å²) in [5, 5.41) is 0. The summed E-state index contributed by atoms with van der Waals surface area (Å²) in [7, 11) is 0. The number of aromatic nitrogens is 2. The predicted molar refractivity (Wildman–Crippen MR) is 69.1 cm³/mol. The molecule has 82 valence electrons. The topological polar surface area (TPSA) is 28.7 Å². The number of benzene rings is 1. The average molecular weight is 230 g/mol. The van der Waals surface area contributed by atoms with Crippen LogP contribution in [0.2, 0.25) is 0 Å². The van der Waals surface area contributed by atoms with Gasteiger partial charge in [-0.1, -0.05) is 36.0 Å². The molecule has 0 saturated carbocycles. The Hall–Kier alpha value is -1.48. The summed E-state index contributed by atoms with van der Waals surface area (Å²) in [6, 6.07) is 8.37. The fourth-order valence-electron chi connectivity index (χ4n) is 1.73. The zero-order chi connectivity index (χ0) is 11.7. The number of aryl methyl sites for hydroxylation is 2. The van der Waals surface area contributed by atoms with Crippen molar-refractivity contribution in [1.82, 2.24) is 9.97 Å². The summed E-state index contributed by atoms with van der Waals surface area (Å²) in [6.45, 7) is 6.01. The van der Waals surface area contributed by atoms with Crippen LogP contribution in [0, 0.1) is 25.4 Å². The lowest BCUT2D eigenvalue weighted by Crippen LogP contribution is -1.96. The lowest BCUT2D eigenvalue weighted by Gasteiger charge is -2.08. The van der Waals surface area contributed by atoms with Crippen LogP contribution in [0.15, 0.2) is 24.3 Å². The van der Waals surface area contributed by atoms with Gasteiger partial charge < -0.3 is 4.98 Å². The van der Waals surface area contributed by atoms with Crippen LogP contribution in [-0.2, 0) is 0 Å². The van der Waals surface area contributed by atoms with E-state index in [4.69, 9.17) is 12.2 Å². The molecule has 0 aliphatic rings. The summed E-state index contributed by atoms with van der Waals surface area (Å²) in [5.74, 6) is 0.854. The van der Waals surface area contributed by atoms with Crippen LogP contribution in [0.1, 0.15) is 17.0 Å². The van der Waals surface area contributed by atoms with E-state index in [2.05, 4.69) is 41.2 Å². The Bertz CT molecular complexity index is 585. The fraction of sp³-hybridized carbons (Fsp3) is 0.231. The molecule has 0 atom stereocenters. The molecule has 1 aromatic heterocycles. The van der Waals surface area contributed by atoms with Crippen LogP contribution in [0.5, 0.6) is 0 Å². The largest absolute Gasteiger partial charge is 0.343 e. The van der Waals surface area contributed by atoms with Crippen molar-refractivity contribution in [3.05, 3.63) is 45.9 Å². The van der Waals surface area contributed by atoms with Gasteiger partial charge in [0.25, 0.3) is 0 Å². The van der Waals surface area contributed by atoms with E-state index in [1.54, 1.807) is 0 Å². The van der Waals surface area contributed by atoms with Crippen LogP contribution >= 0.6 is 12.2 Å². The second-order valence-electron chi connectivity index (χ2n) is 4.00. The van der Waals surface area contributed by atoms with Gasteiger partial charge in [0.15, 0.2) is 0 Å². The lowest BCUT2D eigenvalue weighted by molar-refractivity contribution is 1.02. The maximum Gasteiger partial charge on any atom is 0.133 e. The molecular formula is C13H14N2S. The van der Waals surface area contributed by atoms with Gasteiger partial charge in [0, 0.05) is 5.56 Å². The van der Waals surface area contributed by atoms with Gasteiger partial charge >= 0.3 is 0 Å². The third-order valence-corrected chi connectivity index (χ3v) is 2.98. The van der Waals surface area contributed by atoms with Gasteiger partial charge in [0.1, 0.15) is 10.5 Å². The Labute approximate surface area is 100 Å². The fourth-order valence-corrected chi connectivity index (χ4v) is 1.97. The van der Waals surface area contributed by atoms with E-state index >= 15 is 0 Å². The minimum absolute atomic E-state index is 0.674. The highest BCUT2D eigenvalue weighted by Gasteiger charge is 2.05. The van der Waals surface area contributed by atoms with E-state index in [1.165, 1.54) is 5.56 Å². The first-order valence-electron chi connectivity index (χ1n) is 5.22. The molecule has 1 aromatic carbocycles. The smallest absolute Gasteiger partial charge is 0.133 e. The van der Waals surface area contributed by atoms with E-state index < -0.39 is 0 Å². The van der Waals surface area contributed by atoms with Crippen molar-refractivity contribution < 1.29 is 0 Å². The molecule has 0 bridgehead atoms. The number of nitrogens with zero attached hydrogens (tertiary/aromatic N) is 1. The molecule has 1 heterocycles. The van der Waals surface area contributed by atoms with Gasteiger partial charge in [0.2, 0.25) is 0 Å². The van der Waals surface area contributed by atoms with Gasteiger partial charge in [-0.2, -0.15) is 0 Å². The molecule has 2 rings (SSSR count). The molecule has 0 amide bonds. The molecular weight excluding hydrogens is 216 g/mol. The Kier molecular flexibility index (Phi) is 2.88. The molecule has 0 radical (unpaired) electrons. The van der Waals surface area contributed by atoms with Crippen molar-refractivity contribution in [3.8, 4) is 11.3 Å². The summed E-state index contributed by atoms with van der Waals surface area (Å²) in [5.41, 5.74) is 4.51. The van der Waals surface area contributed by atoms with Gasteiger partial charge in [-0.25, -0.2) is 4.98 Å². The predicted octanol–water partition coefficient (Wildman–Crippen LogP) is 3.73. The van der Waals surface area contributed by atoms with Crippen molar-refractivity contribution in [1.29, 1.82) is 0 Å². The van der Waals surface area contributed by atoms with Crippen molar-refractivity contribution in [2.45, 2.75) is 20.8 Å². The third kappa shape index (κ3) is 2.04. The van der Waals surface area contributed by atoms with E-state index in [0.717, 1.165) is 22.6 Å². The molecule has 2 aromatic rings. The zero-order valence-electron chi connectivity index (χ0n) is 9.66. The summed E-state index contributed by atoms with van der Waals surface area (Å²) >= 11 is 5.23. The van der Waals surface area contributed by atoms with Crippen LogP contribution in [0.4, 0.5) is 0 Å². The Balaban J connectivity index is 2.69. The first-order valence-corrected chi connectivity index (χ1v) is 5.63. The van der Waals surface area contributed by atoms with Crippen LogP contribution < -0.4 is 0 Å². The number of hydrogen-bond acceptors (Lipinski definition) is 2. The number of H-pyrrole nitrogens is 1. The molecule has 0 aliphatic carbocycles. The molecule has 0 saturated heterocycles. The molecule has 2 nitrogen and oxygen atoms in total. The highest BCUT2D eigenvalue weighted by molar-refractivity contribution is 7.71. The Morgan fingerprint density at radius 2 is 1.94 bits per heavy atom. The maximum absolute atomic E-state index is 5.23. The molecule has 1 N–H and O–H groups in total. The van der Waals surface area contributed by atoms with Gasteiger partial charge in [-0.15, -0.1) is 0 Å². The normalized spacial score (nSPS) is 10.4. The molecule has 0 fully saturated rings. The number of aromatic amines is 1. The van der Waals surface area contributed by atoms with E-state index in [9.17, 15) is 0 Å². The molecule has 0 spiro atoms. The Morgan fingerprint density at radius 3 is 2.62 bits per heavy atom. The van der Waals surface area contributed by atoms with Crippen LogP contribution in [0.25, 0.3) is 11.3 Å². The minimum atomic E-state index is 0.674. The SMILES string of the molecule is Cc1cccc(-c2[nH]c(C)nc(=S)c2C)c1. The Morgan fingerprint density at radius 1 is 1.19 bits per heavy atom. The third-order valence-electron chi connectivity index (χ3n) is 2.58. The quantitative estimate of drug-likeness (QED) is 0.756. The van der Waals surface area contributed by atoms with Gasteiger partial charge in [0.05, 0.1) is 5.69 Å². The molecule has 0 aliphatic heterocycles. The van der Waals surface area contributed by atoms with Crippen molar-refractivity contribution in [3.63, 3.8) is 0 Å². The maximum atomic E-state index is 5.23. The summed E-state index contributed by atoms with van der Waals surface area (Å²) < 4.78 is 0.674. The summed E-state index contributed by atoms with van der Waals surface area (Å²) in [6.07, 6.45) is 0. The average Bonchev–Trinajstić information content (AvgIpc) is 2.23. The van der Waals surface area contributed by atoms with Crippen LogP contribution in [-0.4, -0.2) is 9.97 Å². The first-order chi connectivity index (χ1) is 7.58. The molecule has 16 heavy (non-hydrogen) atoms. The number of rotatable bonds is 1. The monoisotopic (exact) mass is 230 g/mol. The highest BCUT2D eigenvalue weighted by Crippen LogP contribution is 2.22. The number of hydrogen-bond donors (Lipinski definition) is 1. The summed E-state index contributed by atoms with van der Waals surface area (Å²) in [4.78, 5) is 7.52. The highest BCUT2D eigenvalue weighted by atomic mass is 32.1. The molecule has 0 unspecified atom stereocenters. The lowest BCUT2D eigenvalue weighted by atomic mass is 10.1. The van der Waals surface area contributed by atoms with Crippen molar-refractivity contribution in [2.24, 2.45) is 0 Å². The van der Waals surface area contributed by atoms with Crippen LogP contribution in [0.3, 0.4) is 0 Å².